The number of carbonyl (C=O) groups excluding carboxylic acids is 1. The summed E-state index contributed by atoms with van der Waals surface area (Å²) < 4.78 is 23.2. The van der Waals surface area contributed by atoms with Gasteiger partial charge in [0.25, 0.3) is 5.91 Å². The first-order chi connectivity index (χ1) is 7.99. The van der Waals surface area contributed by atoms with E-state index in [2.05, 4.69) is 4.98 Å². The van der Waals surface area contributed by atoms with Crippen molar-refractivity contribution in [3.63, 3.8) is 0 Å². The fourth-order valence-electron chi connectivity index (χ4n) is 2.58. The van der Waals surface area contributed by atoms with E-state index in [0.717, 1.165) is 5.69 Å². The molecule has 7 heteroatoms. The molecular formula is C10H12N2O3S2. The lowest BCUT2D eigenvalue weighted by Gasteiger charge is -2.26. The first kappa shape index (κ1) is 11.2. The molecule has 2 aliphatic heterocycles. The molecule has 17 heavy (non-hydrogen) atoms. The second kappa shape index (κ2) is 3.52. The fourth-order valence-corrected chi connectivity index (χ4v) is 5.37. The average Bonchev–Trinajstić information content (AvgIpc) is 2.89. The maximum absolute atomic E-state index is 12.2. The third-order valence-corrected chi connectivity index (χ3v) is 6.63. The summed E-state index contributed by atoms with van der Waals surface area (Å²) in [6.07, 6.45) is 0.603. The third-order valence-electron chi connectivity index (χ3n) is 3.51. The van der Waals surface area contributed by atoms with Crippen LogP contribution in [0.1, 0.15) is 21.8 Å². The summed E-state index contributed by atoms with van der Waals surface area (Å²) in [6, 6.07) is -0.126. The average molecular weight is 272 g/mol. The molecule has 2 unspecified atom stereocenters. The molecule has 0 aliphatic carbocycles. The zero-order valence-corrected chi connectivity index (χ0v) is 10.9. The van der Waals surface area contributed by atoms with Crippen LogP contribution in [-0.4, -0.2) is 47.8 Å². The molecule has 2 fully saturated rings. The van der Waals surface area contributed by atoms with Crippen LogP contribution in [0.3, 0.4) is 0 Å². The van der Waals surface area contributed by atoms with E-state index in [1.54, 1.807) is 17.3 Å². The van der Waals surface area contributed by atoms with Gasteiger partial charge >= 0.3 is 0 Å². The molecule has 5 nitrogen and oxygen atoms in total. The summed E-state index contributed by atoms with van der Waals surface area (Å²) in [5.74, 6) is 0.0637. The van der Waals surface area contributed by atoms with E-state index in [0.29, 0.717) is 17.8 Å². The van der Waals surface area contributed by atoms with Gasteiger partial charge in [0.05, 0.1) is 22.2 Å². The van der Waals surface area contributed by atoms with Gasteiger partial charge in [0.2, 0.25) is 0 Å². The first-order valence-corrected chi connectivity index (χ1v) is 8.01. The standard InChI is InChI=1S/C10H12N2O3S2/c1-6-9(16-5-11-6)10(13)12-3-8-2-7(12)4-17(8,14)15/h5,7-8H,2-4H2,1H3. The van der Waals surface area contributed by atoms with Crippen molar-refractivity contribution in [1.29, 1.82) is 0 Å². The van der Waals surface area contributed by atoms with Crippen LogP contribution in [0.25, 0.3) is 0 Å². The van der Waals surface area contributed by atoms with E-state index in [1.807, 2.05) is 0 Å². The molecule has 0 saturated carbocycles. The predicted octanol–water partition coefficient (Wildman–Crippen LogP) is 0.463. The smallest absolute Gasteiger partial charge is 0.266 e. The van der Waals surface area contributed by atoms with Crippen molar-refractivity contribution in [2.24, 2.45) is 0 Å². The summed E-state index contributed by atoms with van der Waals surface area (Å²) >= 11 is 1.32. The molecule has 2 bridgehead atoms. The van der Waals surface area contributed by atoms with Crippen LogP contribution in [-0.2, 0) is 9.84 Å². The van der Waals surface area contributed by atoms with Crippen molar-refractivity contribution in [1.82, 2.24) is 9.88 Å². The van der Waals surface area contributed by atoms with Gasteiger partial charge in [-0.2, -0.15) is 0 Å². The number of sulfone groups is 1. The highest BCUT2D eigenvalue weighted by molar-refractivity contribution is 7.92. The van der Waals surface area contributed by atoms with Gasteiger partial charge < -0.3 is 4.90 Å². The monoisotopic (exact) mass is 272 g/mol. The number of aromatic nitrogens is 1. The Hall–Kier alpha value is -0.950. The van der Waals surface area contributed by atoms with E-state index in [4.69, 9.17) is 0 Å². The van der Waals surface area contributed by atoms with Gasteiger partial charge in [0, 0.05) is 12.6 Å². The van der Waals surface area contributed by atoms with Crippen LogP contribution >= 0.6 is 11.3 Å². The van der Waals surface area contributed by atoms with Crippen LogP contribution < -0.4 is 0 Å². The molecule has 1 aromatic rings. The Balaban J connectivity index is 1.86. The summed E-state index contributed by atoms with van der Waals surface area (Å²) in [5.41, 5.74) is 2.37. The molecule has 2 atom stereocenters. The number of aryl methyl sites for hydroxylation is 1. The van der Waals surface area contributed by atoms with Gasteiger partial charge in [-0.05, 0) is 13.3 Å². The van der Waals surface area contributed by atoms with Crippen LogP contribution in [0.4, 0.5) is 0 Å². The van der Waals surface area contributed by atoms with Gasteiger partial charge in [-0.1, -0.05) is 0 Å². The number of hydrogen-bond donors (Lipinski definition) is 0. The van der Waals surface area contributed by atoms with Crippen molar-refractivity contribution in [3.8, 4) is 0 Å². The predicted molar refractivity (Wildman–Crippen MR) is 63.9 cm³/mol. The summed E-state index contributed by atoms with van der Waals surface area (Å²) in [7, 11) is -2.94. The van der Waals surface area contributed by atoms with E-state index < -0.39 is 9.84 Å². The molecule has 3 heterocycles. The third kappa shape index (κ3) is 1.60. The quantitative estimate of drug-likeness (QED) is 0.745. The minimum atomic E-state index is -2.94. The number of rotatable bonds is 1. The van der Waals surface area contributed by atoms with E-state index in [9.17, 15) is 13.2 Å². The maximum atomic E-state index is 12.2. The number of nitrogens with zero attached hydrogens (tertiary/aromatic N) is 2. The Morgan fingerprint density at radius 2 is 2.35 bits per heavy atom. The number of thiazole rings is 1. The summed E-state index contributed by atoms with van der Waals surface area (Å²) in [6.45, 7) is 2.15. The molecule has 0 N–H and O–H groups in total. The van der Waals surface area contributed by atoms with E-state index >= 15 is 0 Å². The van der Waals surface area contributed by atoms with Crippen molar-refractivity contribution in [3.05, 3.63) is 16.1 Å². The number of carbonyl (C=O) groups is 1. The molecule has 3 rings (SSSR count). The highest BCUT2D eigenvalue weighted by atomic mass is 32.2. The van der Waals surface area contributed by atoms with Gasteiger partial charge in [0.15, 0.2) is 9.84 Å². The largest absolute Gasteiger partial charge is 0.333 e. The molecule has 0 aromatic carbocycles. The van der Waals surface area contributed by atoms with Gasteiger partial charge in [-0.15, -0.1) is 11.3 Å². The topological polar surface area (TPSA) is 67.3 Å². The van der Waals surface area contributed by atoms with Gasteiger partial charge in [-0.3, -0.25) is 4.79 Å². The highest BCUT2D eigenvalue weighted by Crippen LogP contribution is 2.34. The Bertz CT molecular complexity index is 578. The first-order valence-electron chi connectivity index (χ1n) is 5.41. The van der Waals surface area contributed by atoms with Crippen molar-refractivity contribution < 1.29 is 13.2 Å². The Morgan fingerprint density at radius 1 is 1.59 bits per heavy atom. The SMILES string of the molecule is Cc1ncsc1C(=O)N1CC2CC1CS2(=O)=O. The summed E-state index contributed by atoms with van der Waals surface area (Å²) in [4.78, 5) is 18.6. The highest BCUT2D eigenvalue weighted by Gasteiger charge is 2.50. The normalized spacial score (nSPS) is 29.8. The number of amides is 1. The van der Waals surface area contributed by atoms with Crippen LogP contribution in [0.2, 0.25) is 0 Å². The lowest BCUT2D eigenvalue weighted by molar-refractivity contribution is 0.0750. The Kier molecular flexibility index (Phi) is 2.31. The number of likely N-dealkylation sites (tertiary alicyclic amines) is 1. The van der Waals surface area contributed by atoms with E-state index in [-0.39, 0.29) is 23.0 Å². The van der Waals surface area contributed by atoms with Crippen LogP contribution in [0, 0.1) is 6.92 Å². The number of fused-ring (bicyclic) bond motifs is 2. The van der Waals surface area contributed by atoms with Crippen molar-refractivity contribution in [2.75, 3.05) is 12.3 Å². The molecule has 2 aliphatic rings. The lowest BCUT2D eigenvalue weighted by Crippen LogP contribution is -2.44. The fraction of sp³-hybridized carbons (Fsp3) is 0.600. The molecule has 92 valence electrons. The van der Waals surface area contributed by atoms with Crippen molar-refractivity contribution >= 4 is 27.1 Å². The molecule has 1 aromatic heterocycles. The molecule has 0 spiro atoms. The van der Waals surface area contributed by atoms with Crippen molar-refractivity contribution in [2.45, 2.75) is 24.6 Å². The second-order valence-corrected chi connectivity index (χ2v) is 7.75. The van der Waals surface area contributed by atoms with E-state index in [1.165, 1.54) is 11.3 Å². The lowest BCUT2D eigenvalue weighted by atomic mass is 10.2. The molecule has 0 radical (unpaired) electrons. The molecular weight excluding hydrogens is 260 g/mol. The minimum absolute atomic E-state index is 0.0626. The second-order valence-electron chi connectivity index (χ2n) is 4.57. The van der Waals surface area contributed by atoms with Gasteiger partial charge in [-0.25, -0.2) is 13.4 Å². The van der Waals surface area contributed by atoms with Crippen LogP contribution in [0.5, 0.6) is 0 Å². The minimum Gasteiger partial charge on any atom is -0.333 e. The molecule has 2 saturated heterocycles. The van der Waals surface area contributed by atoms with Crippen LogP contribution in [0.15, 0.2) is 5.51 Å². The number of hydrogen-bond acceptors (Lipinski definition) is 5. The Labute approximate surface area is 103 Å². The summed E-state index contributed by atoms with van der Waals surface area (Å²) in [5, 5.41) is -0.343. The Morgan fingerprint density at radius 3 is 2.82 bits per heavy atom. The zero-order chi connectivity index (χ0) is 12.2. The van der Waals surface area contributed by atoms with Gasteiger partial charge in [0.1, 0.15) is 4.88 Å². The maximum Gasteiger partial charge on any atom is 0.266 e. The molecule has 1 amide bonds. The zero-order valence-electron chi connectivity index (χ0n) is 9.29.